The Kier molecular flexibility index (Phi) is 3.09. The lowest BCUT2D eigenvalue weighted by molar-refractivity contribution is 0.0758. The molecule has 1 aliphatic rings. The van der Waals surface area contributed by atoms with Crippen LogP contribution in [0.15, 0.2) is 12.2 Å². The molecule has 0 unspecified atom stereocenters. The molecular weight excluding hydrogens is 138 g/mol. The molecule has 0 aromatic heterocycles. The maximum Gasteiger partial charge on any atom is 0.0667 e. The molecule has 0 aromatic rings. The molecule has 2 nitrogen and oxygen atoms in total. The quantitative estimate of drug-likeness (QED) is 0.602. The predicted octanol–water partition coefficient (Wildman–Crippen LogP) is 1.02. The monoisotopic (exact) mass is 155 g/mol. The molecule has 2 heteroatoms. The molecule has 1 N–H and O–H groups in total. The van der Waals surface area contributed by atoms with Crippen molar-refractivity contribution in [3.05, 3.63) is 12.2 Å². The number of hydrogen-bond donors (Lipinski definition) is 1. The molecule has 0 amide bonds. The zero-order chi connectivity index (χ0) is 8.27. The molecule has 0 aromatic carbocycles. The Balaban J connectivity index is 2.28. The minimum atomic E-state index is -0.108. The number of hydrogen-bond acceptors (Lipinski definition) is 2. The highest BCUT2D eigenvalue weighted by atomic mass is 16.3. The van der Waals surface area contributed by atoms with Gasteiger partial charge in [0.05, 0.1) is 6.10 Å². The number of nitrogens with zero attached hydrogens (tertiary/aromatic N) is 1. The van der Waals surface area contributed by atoms with Crippen molar-refractivity contribution in [2.24, 2.45) is 0 Å². The smallest absolute Gasteiger partial charge is 0.0667 e. The van der Waals surface area contributed by atoms with Gasteiger partial charge in [0.2, 0.25) is 0 Å². The van der Waals surface area contributed by atoms with E-state index in [1.165, 1.54) is 5.57 Å². The predicted molar refractivity (Wildman–Crippen MR) is 46.5 cm³/mol. The fourth-order valence-electron chi connectivity index (χ4n) is 1.56. The molecular formula is C9H17NO. The lowest BCUT2D eigenvalue weighted by atomic mass is 10.1. The third-order valence-corrected chi connectivity index (χ3v) is 1.97. The lowest BCUT2D eigenvalue weighted by Crippen LogP contribution is -2.38. The third kappa shape index (κ3) is 3.04. The van der Waals surface area contributed by atoms with Crippen molar-refractivity contribution in [2.75, 3.05) is 19.6 Å². The number of likely N-dealkylation sites (tertiary alicyclic amines) is 1. The Morgan fingerprint density at radius 2 is 2.45 bits per heavy atom. The van der Waals surface area contributed by atoms with Crippen molar-refractivity contribution in [3.8, 4) is 0 Å². The van der Waals surface area contributed by atoms with E-state index in [0.717, 1.165) is 32.5 Å². The first kappa shape index (κ1) is 8.75. The second-order valence-electron chi connectivity index (χ2n) is 3.49. The fraction of sp³-hybridized carbons (Fsp3) is 0.778. The van der Waals surface area contributed by atoms with Crippen LogP contribution in [0, 0.1) is 0 Å². The molecule has 11 heavy (non-hydrogen) atoms. The van der Waals surface area contributed by atoms with Crippen molar-refractivity contribution in [1.82, 2.24) is 4.90 Å². The summed E-state index contributed by atoms with van der Waals surface area (Å²) in [7, 11) is 0. The van der Waals surface area contributed by atoms with Crippen LogP contribution in [0.25, 0.3) is 0 Å². The van der Waals surface area contributed by atoms with Gasteiger partial charge in [-0.1, -0.05) is 12.2 Å². The van der Waals surface area contributed by atoms with Crippen LogP contribution in [-0.4, -0.2) is 35.7 Å². The van der Waals surface area contributed by atoms with Crippen LogP contribution in [0.2, 0.25) is 0 Å². The highest BCUT2D eigenvalue weighted by Gasteiger charge is 2.16. The molecule has 1 aliphatic heterocycles. The molecule has 0 aliphatic carbocycles. The van der Waals surface area contributed by atoms with Crippen LogP contribution in [-0.2, 0) is 0 Å². The van der Waals surface area contributed by atoms with Gasteiger partial charge in [0, 0.05) is 13.1 Å². The van der Waals surface area contributed by atoms with Crippen LogP contribution < -0.4 is 0 Å². The van der Waals surface area contributed by atoms with Gasteiger partial charge in [-0.15, -0.1) is 0 Å². The highest BCUT2D eigenvalue weighted by Crippen LogP contribution is 2.10. The van der Waals surface area contributed by atoms with Crippen molar-refractivity contribution < 1.29 is 5.11 Å². The summed E-state index contributed by atoms with van der Waals surface area (Å²) in [4.78, 5) is 2.26. The first-order valence-electron chi connectivity index (χ1n) is 4.23. The van der Waals surface area contributed by atoms with Crippen molar-refractivity contribution in [2.45, 2.75) is 25.9 Å². The largest absolute Gasteiger partial charge is 0.392 e. The fourth-order valence-corrected chi connectivity index (χ4v) is 1.56. The van der Waals surface area contributed by atoms with Gasteiger partial charge in [0.1, 0.15) is 0 Å². The number of aliphatic hydroxyl groups excluding tert-OH is 1. The summed E-state index contributed by atoms with van der Waals surface area (Å²) in [5, 5.41) is 9.32. The average Bonchev–Trinajstić information content (AvgIpc) is 1.85. The van der Waals surface area contributed by atoms with E-state index < -0.39 is 0 Å². The molecule has 64 valence electrons. The summed E-state index contributed by atoms with van der Waals surface area (Å²) >= 11 is 0. The molecule has 1 rings (SSSR count). The number of β-amino-alcohol motifs (C(OH)–C–C–N with tert-alkyl or cyclic N) is 1. The number of piperidine rings is 1. The summed E-state index contributed by atoms with van der Waals surface area (Å²) < 4.78 is 0. The summed E-state index contributed by atoms with van der Waals surface area (Å²) in [5.74, 6) is 0. The van der Waals surface area contributed by atoms with Crippen LogP contribution in [0.3, 0.4) is 0 Å². The van der Waals surface area contributed by atoms with Crippen molar-refractivity contribution >= 4 is 0 Å². The van der Waals surface area contributed by atoms with Crippen LogP contribution >= 0.6 is 0 Å². The van der Waals surface area contributed by atoms with Gasteiger partial charge in [0.15, 0.2) is 0 Å². The minimum Gasteiger partial charge on any atom is -0.392 e. The molecule has 0 radical (unpaired) electrons. The van der Waals surface area contributed by atoms with Gasteiger partial charge in [-0.25, -0.2) is 0 Å². The van der Waals surface area contributed by atoms with E-state index in [2.05, 4.69) is 11.5 Å². The van der Waals surface area contributed by atoms with E-state index in [4.69, 9.17) is 0 Å². The number of rotatable bonds is 2. The Hall–Kier alpha value is -0.340. The zero-order valence-corrected chi connectivity index (χ0v) is 7.21. The molecule has 1 heterocycles. The van der Waals surface area contributed by atoms with Crippen LogP contribution in [0.4, 0.5) is 0 Å². The standard InChI is InChI=1S/C9H17NO/c1-8(2)6-10-5-3-4-9(11)7-10/h9,11H,1,3-7H2,2H3/t9-/m0/s1. The first-order chi connectivity index (χ1) is 5.18. The van der Waals surface area contributed by atoms with Crippen molar-refractivity contribution in [3.63, 3.8) is 0 Å². The van der Waals surface area contributed by atoms with Gasteiger partial charge in [0.25, 0.3) is 0 Å². The van der Waals surface area contributed by atoms with Crippen LogP contribution in [0.1, 0.15) is 19.8 Å². The van der Waals surface area contributed by atoms with Gasteiger partial charge in [-0.2, -0.15) is 0 Å². The lowest BCUT2D eigenvalue weighted by Gasteiger charge is -2.29. The maximum absolute atomic E-state index is 9.32. The summed E-state index contributed by atoms with van der Waals surface area (Å²) in [6, 6.07) is 0. The van der Waals surface area contributed by atoms with E-state index in [1.54, 1.807) is 0 Å². The topological polar surface area (TPSA) is 23.5 Å². The minimum absolute atomic E-state index is 0.108. The summed E-state index contributed by atoms with van der Waals surface area (Å²) in [6.07, 6.45) is 1.98. The second-order valence-corrected chi connectivity index (χ2v) is 3.49. The molecule has 1 fully saturated rings. The van der Waals surface area contributed by atoms with Crippen LogP contribution in [0.5, 0.6) is 0 Å². The number of aliphatic hydroxyl groups is 1. The second kappa shape index (κ2) is 3.88. The van der Waals surface area contributed by atoms with Crippen molar-refractivity contribution in [1.29, 1.82) is 0 Å². The molecule has 0 saturated carbocycles. The van der Waals surface area contributed by atoms with E-state index in [1.807, 2.05) is 6.92 Å². The molecule has 0 spiro atoms. The van der Waals surface area contributed by atoms with E-state index >= 15 is 0 Å². The van der Waals surface area contributed by atoms with E-state index in [9.17, 15) is 5.11 Å². The Bertz CT molecular complexity index is 144. The Morgan fingerprint density at radius 1 is 1.73 bits per heavy atom. The normalized spacial score (nSPS) is 26.9. The summed E-state index contributed by atoms with van der Waals surface area (Å²) in [6.45, 7) is 8.76. The first-order valence-corrected chi connectivity index (χ1v) is 4.23. The zero-order valence-electron chi connectivity index (χ0n) is 7.21. The molecule has 0 bridgehead atoms. The SMILES string of the molecule is C=C(C)CN1CCC[C@H](O)C1. The van der Waals surface area contributed by atoms with E-state index in [-0.39, 0.29) is 6.10 Å². The maximum atomic E-state index is 9.32. The van der Waals surface area contributed by atoms with Gasteiger partial charge in [-0.3, -0.25) is 4.90 Å². The van der Waals surface area contributed by atoms with Gasteiger partial charge < -0.3 is 5.11 Å². The molecule has 1 atom stereocenters. The average molecular weight is 155 g/mol. The van der Waals surface area contributed by atoms with Gasteiger partial charge >= 0.3 is 0 Å². The highest BCUT2D eigenvalue weighted by molar-refractivity contribution is 4.93. The third-order valence-electron chi connectivity index (χ3n) is 1.97. The Morgan fingerprint density at radius 3 is 3.00 bits per heavy atom. The Labute approximate surface area is 68.5 Å². The van der Waals surface area contributed by atoms with E-state index in [0.29, 0.717) is 0 Å². The summed E-state index contributed by atoms with van der Waals surface area (Å²) in [5.41, 5.74) is 1.18. The molecule has 1 saturated heterocycles. The van der Waals surface area contributed by atoms with Gasteiger partial charge in [-0.05, 0) is 26.3 Å².